The van der Waals surface area contributed by atoms with Crippen LogP contribution >= 0.6 is 0 Å². The molecule has 10 rings (SSSR count). The van der Waals surface area contributed by atoms with E-state index in [4.69, 9.17) is 0 Å². The Bertz CT molecular complexity index is 2870. The fourth-order valence-electron chi connectivity index (χ4n) is 7.86. The number of hydrogen-bond acceptors (Lipinski definition) is 1. The molecule has 1 aromatic heterocycles. The lowest BCUT2D eigenvalue weighted by atomic mass is 9.96. The molecule has 0 bridgehead atoms. The molecule has 10 aromatic rings. The lowest BCUT2D eigenvalue weighted by molar-refractivity contribution is 1.18. The van der Waals surface area contributed by atoms with Gasteiger partial charge in [0.2, 0.25) is 0 Å². The van der Waals surface area contributed by atoms with Gasteiger partial charge in [0.1, 0.15) is 0 Å². The first-order valence-corrected chi connectivity index (χ1v) is 17.2. The van der Waals surface area contributed by atoms with Crippen LogP contribution in [0.1, 0.15) is 0 Å². The largest absolute Gasteiger partial charge is 0.310 e. The van der Waals surface area contributed by atoms with Crippen LogP contribution in [0.4, 0.5) is 17.1 Å². The minimum Gasteiger partial charge on any atom is -0.310 e. The van der Waals surface area contributed by atoms with Gasteiger partial charge in [0, 0.05) is 33.4 Å². The summed E-state index contributed by atoms with van der Waals surface area (Å²) < 4.78 is 2.40. The molecule has 0 amide bonds. The van der Waals surface area contributed by atoms with Gasteiger partial charge in [0.15, 0.2) is 0 Å². The Morgan fingerprint density at radius 3 is 1.74 bits per heavy atom. The lowest BCUT2D eigenvalue weighted by Crippen LogP contribution is -2.11. The number of aromatic nitrogens is 1. The molecule has 234 valence electrons. The van der Waals surface area contributed by atoms with Gasteiger partial charge in [-0.2, -0.15) is 0 Å². The van der Waals surface area contributed by atoms with Gasteiger partial charge in [0.05, 0.1) is 16.7 Å². The maximum atomic E-state index is 2.44. The molecule has 0 atom stereocenters. The van der Waals surface area contributed by atoms with Crippen LogP contribution in [0.3, 0.4) is 0 Å². The zero-order chi connectivity index (χ0) is 33.0. The Morgan fingerprint density at radius 2 is 0.900 bits per heavy atom. The zero-order valence-corrected chi connectivity index (χ0v) is 27.4. The number of hydrogen-bond donors (Lipinski definition) is 0. The summed E-state index contributed by atoms with van der Waals surface area (Å²) >= 11 is 0. The quantitative estimate of drug-likeness (QED) is 0.171. The lowest BCUT2D eigenvalue weighted by Gasteiger charge is -2.28. The van der Waals surface area contributed by atoms with Crippen molar-refractivity contribution in [3.05, 3.63) is 194 Å². The molecule has 2 heteroatoms. The minimum absolute atomic E-state index is 1.10. The van der Waals surface area contributed by atoms with E-state index >= 15 is 0 Å². The number of benzene rings is 9. The van der Waals surface area contributed by atoms with Gasteiger partial charge < -0.3 is 9.47 Å². The van der Waals surface area contributed by atoms with Gasteiger partial charge in [-0.3, -0.25) is 0 Å². The molecule has 50 heavy (non-hydrogen) atoms. The summed E-state index contributed by atoms with van der Waals surface area (Å²) in [6, 6.07) is 70.6. The highest BCUT2D eigenvalue weighted by atomic mass is 15.1. The van der Waals surface area contributed by atoms with E-state index in [1.54, 1.807) is 0 Å². The summed E-state index contributed by atoms with van der Waals surface area (Å²) in [6.07, 6.45) is 0. The first kappa shape index (κ1) is 28.4. The Kier molecular flexibility index (Phi) is 6.53. The van der Waals surface area contributed by atoms with E-state index in [1.165, 1.54) is 65.3 Å². The predicted molar refractivity (Wildman–Crippen MR) is 213 cm³/mol. The Balaban J connectivity index is 1.27. The second kappa shape index (κ2) is 11.5. The highest BCUT2D eigenvalue weighted by molar-refractivity contribution is 6.18. The van der Waals surface area contributed by atoms with Crippen molar-refractivity contribution in [3.63, 3.8) is 0 Å². The van der Waals surface area contributed by atoms with Crippen LogP contribution in [0, 0.1) is 0 Å². The van der Waals surface area contributed by atoms with Crippen LogP contribution in [0.2, 0.25) is 0 Å². The maximum Gasteiger partial charge on any atom is 0.0561 e. The van der Waals surface area contributed by atoms with E-state index in [-0.39, 0.29) is 0 Å². The third-order valence-electron chi connectivity index (χ3n) is 10.1. The summed E-state index contributed by atoms with van der Waals surface area (Å²) in [7, 11) is 0. The molecule has 1 heterocycles. The topological polar surface area (TPSA) is 8.17 Å². The number of fused-ring (bicyclic) bond motifs is 8. The van der Waals surface area contributed by atoms with Gasteiger partial charge >= 0.3 is 0 Å². The number of anilines is 3. The van der Waals surface area contributed by atoms with E-state index in [0.29, 0.717) is 0 Å². The third-order valence-corrected chi connectivity index (χ3v) is 10.1. The van der Waals surface area contributed by atoms with Crippen molar-refractivity contribution in [1.82, 2.24) is 4.57 Å². The average molecular weight is 637 g/mol. The highest BCUT2D eigenvalue weighted by Crippen LogP contribution is 2.44. The molecule has 2 nitrogen and oxygen atoms in total. The molecule has 0 unspecified atom stereocenters. The first-order chi connectivity index (χ1) is 24.8. The van der Waals surface area contributed by atoms with Crippen molar-refractivity contribution in [3.8, 4) is 16.8 Å². The van der Waals surface area contributed by atoms with Gasteiger partial charge in [-0.15, -0.1) is 0 Å². The van der Waals surface area contributed by atoms with Crippen LogP contribution in [-0.4, -0.2) is 4.57 Å². The van der Waals surface area contributed by atoms with Gasteiger partial charge in [0.25, 0.3) is 0 Å². The smallest absolute Gasteiger partial charge is 0.0561 e. The molecule has 0 saturated heterocycles. The van der Waals surface area contributed by atoms with E-state index in [2.05, 4.69) is 204 Å². The van der Waals surface area contributed by atoms with Crippen molar-refractivity contribution in [1.29, 1.82) is 0 Å². The van der Waals surface area contributed by atoms with Crippen molar-refractivity contribution in [2.75, 3.05) is 4.90 Å². The molecule has 0 aliphatic rings. The zero-order valence-electron chi connectivity index (χ0n) is 27.4. The van der Waals surface area contributed by atoms with Gasteiger partial charge in [-0.1, -0.05) is 146 Å². The molecule has 0 N–H and O–H groups in total. The Morgan fingerprint density at radius 1 is 0.340 bits per heavy atom. The maximum absolute atomic E-state index is 2.44. The van der Waals surface area contributed by atoms with Crippen LogP contribution in [0.25, 0.3) is 70.9 Å². The van der Waals surface area contributed by atoms with Crippen LogP contribution < -0.4 is 4.90 Å². The number of rotatable bonds is 5. The normalized spacial score (nSPS) is 11.6. The van der Waals surface area contributed by atoms with Gasteiger partial charge in [-0.05, 0) is 86.4 Å². The third kappa shape index (κ3) is 4.50. The first-order valence-electron chi connectivity index (χ1n) is 17.2. The monoisotopic (exact) mass is 636 g/mol. The Hall–Kier alpha value is -6.64. The van der Waals surface area contributed by atoms with Crippen LogP contribution in [0.5, 0.6) is 0 Å². The molecule has 0 aliphatic carbocycles. The molecule has 0 fully saturated rings. The highest BCUT2D eigenvalue weighted by Gasteiger charge is 2.20. The van der Waals surface area contributed by atoms with E-state index in [9.17, 15) is 0 Å². The average Bonchev–Trinajstić information content (AvgIpc) is 3.52. The second-order valence-electron chi connectivity index (χ2n) is 13.0. The SMILES string of the molecule is c1ccc(-c2ccccc2N(c2ccc3ccc4c5ccccc5ccc4c3c2)c2ccc3c4ccccc4n(-c4ccccc4)c3c2)cc1. The van der Waals surface area contributed by atoms with E-state index in [0.717, 1.165) is 22.7 Å². The molecular formula is C48H32N2. The number of para-hydroxylation sites is 3. The van der Waals surface area contributed by atoms with Crippen molar-refractivity contribution >= 4 is 71.2 Å². The molecule has 0 radical (unpaired) electrons. The Labute approximate surface area is 290 Å². The molecule has 0 spiro atoms. The predicted octanol–water partition coefficient (Wildman–Crippen LogP) is 13.4. The summed E-state index contributed by atoms with van der Waals surface area (Å²) in [6.45, 7) is 0. The summed E-state index contributed by atoms with van der Waals surface area (Å²) in [4.78, 5) is 2.44. The van der Waals surface area contributed by atoms with Crippen molar-refractivity contribution < 1.29 is 0 Å². The molecule has 0 aliphatic heterocycles. The second-order valence-corrected chi connectivity index (χ2v) is 13.0. The number of nitrogens with zero attached hydrogens (tertiary/aromatic N) is 2. The fourth-order valence-corrected chi connectivity index (χ4v) is 7.86. The van der Waals surface area contributed by atoms with Crippen LogP contribution in [0.15, 0.2) is 194 Å². The molecular weight excluding hydrogens is 605 g/mol. The van der Waals surface area contributed by atoms with Crippen molar-refractivity contribution in [2.45, 2.75) is 0 Å². The fraction of sp³-hybridized carbons (Fsp3) is 0. The van der Waals surface area contributed by atoms with Crippen LogP contribution in [-0.2, 0) is 0 Å². The van der Waals surface area contributed by atoms with Crippen molar-refractivity contribution in [2.24, 2.45) is 0 Å². The minimum atomic E-state index is 1.10. The molecule has 9 aromatic carbocycles. The van der Waals surface area contributed by atoms with E-state index < -0.39 is 0 Å². The standard InChI is InChI=1S/C48H32N2/c1-3-13-33(14-4-1)40-19-9-11-21-46(40)49(37-26-23-35-25-28-41-39-18-8-7-15-34(39)24-29-42(41)45(35)31-37)38-27-30-44-43-20-10-12-22-47(43)50(48(44)32-38)36-16-5-2-6-17-36/h1-32H. The molecule has 0 saturated carbocycles. The van der Waals surface area contributed by atoms with Gasteiger partial charge in [-0.25, -0.2) is 0 Å². The summed E-state index contributed by atoms with van der Waals surface area (Å²) in [5.41, 5.74) is 9.24. The van der Waals surface area contributed by atoms with E-state index in [1.807, 2.05) is 0 Å². The summed E-state index contributed by atoms with van der Waals surface area (Å²) in [5, 5.41) is 10.0. The summed E-state index contributed by atoms with van der Waals surface area (Å²) in [5.74, 6) is 0.